The lowest BCUT2D eigenvalue weighted by atomic mass is 9.87. The molecule has 0 saturated carbocycles. The first-order chi connectivity index (χ1) is 14.0. The van der Waals surface area contributed by atoms with E-state index in [0.717, 1.165) is 56.9 Å². The Kier molecular flexibility index (Phi) is 6.56. The van der Waals surface area contributed by atoms with Crippen LogP contribution in [-0.2, 0) is 22.4 Å². The normalized spacial score (nSPS) is 23.3. The van der Waals surface area contributed by atoms with Crippen LogP contribution < -0.4 is 0 Å². The predicted molar refractivity (Wildman–Crippen MR) is 114 cm³/mol. The van der Waals surface area contributed by atoms with Crippen molar-refractivity contribution >= 4 is 23.2 Å². The fourth-order valence-electron chi connectivity index (χ4n) is 4.69. The average molecular weight is 420 g/mol. The van der Waals surface area contributed by atoms with Gasteiger partial charge in [0.25, 0.3) is 5.91 Å². The topological polar surface area (TPSA) is 53.1 Å². The Hall–Kier alpha value is -1.44. The summed E-state index contributed by atoms with van der Waals surface area (Å²) >= 11 is 1.63. The number of aryl methyl sites for hydroxylation is 1. The lowest BCUT2D eigenvalue weighted by molar-refractivity contribution is -0.137. The summed E-state index contributed by atoms with van der Waals surface area (Å²) in [5.41, 5.74) is 1.22. The minimum absolute atomic E-state index is 0.0695. The average Bonchev–Trinajstić information content (AvgIpc) is 3.17. The molecule has 0 radical (unpaired) electrons. The molecule has 0 aromatic carbocycles. The van der Waals surface area contributed by atoms with Crippen LogP contribution in [0.4, 0.5) is 0 Å². The lowest BCUT2D eigenvalue weighted by Crippen LogP contribution is -2.51. The monoisotopic (exact) mass is 419 g/mol. The zero-order valence-electron chi connectivity index (χ0n) is 17.7. The molecular weight excluding hydrogens is 386 g/mol. The second-order valence-corrected chi connectivity index (χ2v) is 10.1. The molecule has 29 heavy (non-hydrogen) atoms. The van der Waals surface area contributed by atoms with Crippen molar-refractivity contribution in [3.8, 4) is 0 Å². The highest BCUT2D eigenvalue weighted by Crippen LogP contribution is 2.34. The summed E-state index contributed by atoms with van der Waals surface area (Å²) in [5, 5.41) is 0. The minimum atomic E-state index is 0.0695. The zero-order chi connectivity index (χ0) is 20.4. The van der Waals surface area contributed by atoms with E-state index in [-0.39, 0.29) is 11.8 Å². The second kappa shape index (κ2) is 9.14. The number of fused-ring (bicyclic) bond motifs is 1. The fraction of sp³-hybridized carbons (Fsp3) is 0.727. The van der Waals surface area contributed by atoms with Crippen molar-refractivity contribution in [2.75, 3.05) is 59.0 Å². The van der Waals surface area contributed by atoms with Crippen molar-refractivity contribution in [1.29, 1.82) is 0 Å². The molecule has 0 N–H and O–H groups in total. The maximum absolute atomic E-state index is 13.1. The molecule has 160 valence electrons. The number of hydrogen-bond donors (Lipinski definition) is 0. The Morgan fingerprint density at radius 3 is 2.52 bits per heavy atom. The van der Waals surface area contributed by atoms with Crippen LogP contribution in [0, 0.1) is 11.8 Å². The highest BCUT2D eigenvalue weighted by Gasteiger charge is 2.32. The highest BCUT2D eigenvalue weighted by atomic mass is 32.1. The molecule has 4 rings (SSSR count). The molecule has 1 aromatic rings. The molecule has 3 heterocycles. The first-order valence-corrected chi connectivity index (χ1v) is 11.8. The van der Waals surface area contributed by atoms with E-state index in [2.05, 4.69) is 29.7 Å². The second-order valence-electron chi connectivity index (χ2n) is 8.92. The molecule has 2 fully saturated rings. The van der Waals surface area contributed by atoms with Gasteiger partial charge in [0, 0.05) is 56.6 Å². The molecule has 2 aliphatic heterocycles. The van der Waals surface area contributed by atoms with Gasteiger partial charge in [-0.1, -0.05) is 13.8 Å². The molecule has 0 spiro atoms. The van der Waals surface area contributed by atoms with Gasteiger partial charge >= 0.3 is 0 Å². The molecule has 2 amide bonds. The number of ether oxygens (including phenoxy) is 1. The predicted octanol–water partition coefficient (Wildman–Crippen LogP) is 2.13. The quantitative estimate of drug-likeness (QED) is 0.750. The van der Waals surface area contributed by atoms with Gasteiger partial charge in [-0.15, -0.1) is 11.3 Å². The summed E-state index contributed by atoms with van der Waals surface area (Å²) in [4.78, 5) is 34.4. The van der Waals surface area contributed by atoms with E-state index in [1.54, 1.807) is 11.3 Å². The summed E-state index contributed by atoms with van der Waals surface area (Å²) < 4.78 is 5.35. The smallest absolute Gasteiger partial charge is 0.264 e. The number of thiophene rings is 1. The molecule has 7 heteroatoms. The third-order valence-electron chi connectivity index (χ3n) is 6.25. The highest BCUT2D eigenvalue weighted by molar-refractivity contribution is 7.14. The maximum atomic E-state index is 13.1. The Labute approximate surface area is 177 Å². The van der Waals surface area contributed by atoms with Gasteiger partial charge in [-0.05, 0) is 36.8 Å². The summed E-state index contributed by atoms with van der Waals surface area (Å²) in [7, 11) is 0. The van der Waals surface area contributed by atoms with Gasteiger partial charge in [0.15, 0.2) is 0 Å². The van der Waals surface area contributed by atoms with E-state index < -0.39 is 0 Å². The summed E-state index contributed by atoms with van der Waals surface area (Å²) in [6, 6.07) is 2.05. The van der Waals surface area contributed by atoms with Crippen LogP contribution in [0.25, 0.3) is 0 Å². The van der Waals surface area contributed by atoms with E-state index in [0.29, 0.717) is 38.1 Å². The number of amides is 2. The van der Waals surface area contributed by atoms with E-state index in [1.165, 1.54) is 10.4 Å². The fourth-order valence-corrected chi connectivity index (χ4v) is 5.86. The van der Waals surface area contributed by atoms with Gasteiger partial charge in [-0.2, -0.15) is 0 Å². The number of morpholine rings is 1. The van der Waals surface area contributed by atoms with Crippen molar-refractivity contribution in [3.05, 3.63) is 21.4 Å². The van der Waals surface area contributed by atoms with E-state index >= 15 is 0 Å². The Balaban J connectivity index is 1.34. The van der Waals surface area contributed by atoms with E-state index in [1.807, 2.05) is 4.90 Å². The number of rotatable bonds is 4. The van der Waals surface area contributed by atoms with Gasteiger partial charge in [0.05, 0.1) is 18.1 Å². The van der Waals surface area contributed by atoms with E-state index in [4.69, 9.17) is 4.74 Å². The summed E-state index contributed by atoms with van der Waals surface area (Å²) in [6.07, 6.45) is 2.61. The van der Waals surface area contributed by atoms with Crippen molar-refractivity contribution in [2.24, 2.45) is 11.8 Å². The Morgan fingerprint density at radius 2 is 1.83 bits per heavy atom. The molecule has 1 aromatic heterocycles. The largest absolute Gasteiger partial charge is 0.378 e. The molecule has 2 saturated heterocycles. The maximum Gasteiger partial charge on any atom is 0.264 e. The molecule has 6 nitrogen and oxygen atoms in total. The van der Waals surface area contributed by atoms with Crippen LogP contribution in [0.5, 0.6) is 0 Å². The van der Waals surface area contributed by atoms with Crippen LogP contribution in [0.1, 0.15) is 40.4 Å². The zero-order valence-corrected chi connectivity index (χ0v) is 18.5. The third kappa shape index (κ3) is 4.84. The molecule has 0 bridgehead atoms. The minimum Gasteiger partial charge on any atom is -0.378 e. The van der Waals surface area contributed by atoms with Crippen LogP contribution in [0.15, 0.2) is 6.07 Å². The van der Waals surface area contributed by atoms with Gasteiger partial charge in [-0.3, -0.25) is 14.5 Å². The van der Waals surface area contributed by atoms with E-state index in [9.17, 15) is 9.59 Å². The molecule has 1 atom stereocenters. The van der Waals surface area contributed by atoms with Gasteiger partial charge in [0.2, 0.25) is 5.91 Å². The number of carbonyl (C=O) groups is 2. The molecular formula is C22H33N3O3S. The van der Waals surface area contributed by atoms with Crippen LogP contribution in [0.2, 0.25) is 0 Å². The summed E-state index contributed by atoms with van der Waals surface area (Å²) in [6.45, 7) is 11.9. The van der Waals surface area contributed by atoms with Crippen molar-refractivity contribution < 1.29 is 14.3 Å². The molecule has 3 aliphatic rings. The van der Waals surface area contributed by atoms with Crippen LogP contribution in [0.3, 0.4) is 0 Å². The van der Waals surface area contributed by atoms with Gasteiger partial charge in [0.1, 0.15) is 0 Å². The van der Waals surface area contributed by atoms with Crippen molar-refractivity contribution in [3.63, 3.8) is 0 Å². The van der Waals surface area contributed by atoms with Crippen LogP contribution in [-0.4, -0.2) is 85.5 Å². The molecule has 0 unspecified atom stereocenters. The number of piperazine rings is 1. The molecule has 1 aliphatic carbocycles. The Morgan fingerprint density at radius 1 is 1.10 bits per heavy atom. The van der Waals surface area contributed by atoms with Crippen molar-refractivity contribution in [2.45, 2.75) is 33.1 Å². The number of nitrogens with zero attached hydrogens (tertiary/aromatic N) is 3. The standard InChI is InChI=1S/C22H33N3O3S/c1-16(2)15-23-5-7-24(8-6-23)21(26)17-3-4-19-18(13-17)14-20(29-19)22(27)25-9-11-28-12-10-25/h14,16-17H,3-13,15H2,1-2H3/t17-/m0/s1. The van der Waals surface area contributed by atoms with Crippen molar-refractivity contribution in [1.82, 2.24) is 14.7 Å². The number of hydrogen-bond acceptors (Lipinski definition) is 5. The SMILES string of the molecule is CC(C)CN1CCN(C(=O)[C@H]2CCc3sc(C(=O)N4CCOCC4)cc3C2)CC1. The third-order valence-corrected chi connectivity index (χ3v) is 7.47. The van der Waals surface area contributed by atoms with Gasteiger partial charge in [-0.25, -0.2) is 0 Å². The Bertz CT molecular complexity index is 734. The lowest BCUT2D eigenvalue weighted by Gasteiger charge is -2.37. The summed E-state index contributed by atoms with van der Waals surface area (Å²) in [5.74, 6) is 1.17. The first kappa shape index (κ1) is 20.8. The first-order valence-electron chi connectivity index (χ1n) is 11.0. The number of carbonyl (C=O) groups excluding carboxylic acids is 2. The van der Waals surface area contributed by atoms with Gasteiger partial charge < -0.3 is 14.5 Å². The van der Waals surface area contributed by atoms with Crippen LogP contribution >= 0.6 is 11.3 Å².